The monoisotopic (exact) mass is 397 g/mol. The van der Waals surface area contributed by atoms with Crippen molar-refractivity contribution in [2.24, 2.45) is 0 Å². The fourth-order valence-electron chi connectivity index (χ4n) is 2.66. The lowest BCUT2D eigenvalue weighted by Crippen LogP contribution is -2.16. The highest BCUT2D eigenvalue weighted by Crippen LogP contribution is 2.23. The lowest BCUT2D eigenvalue weighted by atomic mass is 10.2. The van der Waals surface area contributed by atoms with Crippen LogP contribution in [0.2, 0.25) is 0 Å². The molecule has 0 spiro atoms. The van der Waals surface area contributed by atoms with Gasteiger partial charge in [-0.25, -0.2) is 9.78 Å². The van der Waals surface area contributed by atoms with Gasteiger partial charge in [-0.15, -0.1) is 0 Å². The van der Waals surface area contributed by atoms with E-state index < -0.39 is 5.97 Å². The summed E-state index contributed by atoms with van der Waals surface area (Å²) in [6.07, 6.45) is 3.26. The molecule has 0 atom stereocenters. The summed E-state index contributed by atoms with van der Waals surface area (Å²) in [5, 5.41) is 0.769. The molecule has 7 heteroatoms. The summed E-state index contributed by atoms with van der Waals surface area (Å²) in [5.74, 6) is -0.473. The van der Waals surface area contributed by atoms with Crippen molar-refractivity contribution in [2.75, 3.05) is 0 Å². The molecule has 0 radical (unpaired) electrons. The van der Waals surface area contributed by atoms with Crippen LogP contribution in [-0.4, -0.2) is 20.3 Å². The molecule has 0 fully saturated rings. The molecule has 1 aromatic carbocycles. The normalized spacial score (nSPS) is 11.1. The first-order chi connectivity index (χ1) is 12.1. The average molecular weight is 398 g/mol. The van der Waals surface area contributed by atoms with E-state index in [0.29, 0.717) is 16.9 Å². The van der Waals surface area contributed by atoms with Crippen molar-refractivity contribution >= 4 is 38.4 Å². The Kier molecular flexibility index (Phi) is 3.85. The zero-order chi connectivity index (χ0) is 17.4. The SMILES string of the molecule is O=C(OCc1cc(=O)n2ccccc2n1)c1c[nH]c2ccc(Br)cc12. The van der Waals surface area contributed by atoms with Gasteiger partial charge in [-0.1, -0.05) is 22.0 Å². The van der Waals surface area contributed by atoms with Gasteiger partial charge in [-0.2, -0.15) is 0 Å². The minimum absolute atomic E-state index is 0.0693. The lowest BCUT2D eigenvalue weighted by molar-refractivity contribution is 0.0470. The Hall–Kier alpha value is -2.93. The number of carbonyl (C=O) groups is 1. The van der Waals surface area contributed by atoms with Gasteiger partial charge in [0.15, 0.2) is 0 Å². The van der Waals surface area contributed by atoms with Crippen molar-refractivity contribution in [3.05, 3.63) is 80.9 Å². The number of aromatic amines is 1. The molecule has 1 N–H and O–H groups in total. The van der Waals surface area contributed by atoms with E-state index in [4.69, 9.17) is 4.74 Å². The third kappa shape index (κ3) is 2.94. The summed E-state index contributed by atoms with van der Waals surface area (Å²) in [7, 11) is 0. The molecule has 4 aromatic rings. The first-order valence-electron chi connectivity index (χ1n) is 7.53. The second-order valence-electron chi connectivity index (χ2n) is 5.48. The number of rotatable bonds is 3. The predicted octanol–water partition coefficient (Wildman–Crippen LogP) is 3.30. The van der Waals surface area contributed by atoms with E-state index in [0.717, 1.165) is 15.4 Å². The number of aromatic nitrogens is 3. The van der Waals surface area contributed by atoms with Crippen molar-refractivity contribution in [1.29, 1.82) is 0 Å². The highest BCUT2D eigenvalue weighted by molar-refractivity contribution is 9.10. The van der Waals surface area contributed by atoms with E-state index in [1.54, 1.807) is 30.6 Å². The minimum atomic E-state index is -0.473. The number of pyridine rings is 1. The number of halogens is 1. The second-order valence-corrected chi connectivity index (χ2v) is 6.40. The van der Waals surface area contributed by atoms with Crippen LogP contribution in [0.1, 0.15) is 16.1 Å². The fourth-order valence-corrected chi connectivity index (χ4v) is 3.02. The van der Waals surface area contributed by atoms with E-state index in [1.165, 1.54) is 10.5 Å². The summed E-state index contributed by atoms with van der Waals surface area (Å²) in [6, 6.07) is 12.3. The number of fused-ring (bicyclic) bond motifs is 2. The number of hydrogen-bond acceptors (Lipinski definition) is 4. The molecule has 3 heterocycles. The molecule has 0 aliphatic heterocycles. The molecular weight excluding hydrogens is 386 g/mol. The fraction of sp³-hybridized carbons (Fsp3) is 0.0556. The number of benzene rings is 1. The Labute approximate surface area is 150 Å². The molecule has 0 amide bonds. The van der Waals surface area contributed by atoms with Gasteiger partial charge >= 0.3 is 5.97 Å². The van der Waals surface area contributed by atoms with Gasteiger partial charge in [0, 0.05) is 33.8 Å². The first-order valence-corrected chi connectivity index (χ1v) is 8.32. The summed E-state index contributed by atoms with van der Waals surface area (Å²) in [4.78, 5) is 31.8. The molecule has 6 nitrogen and oxygen atoms in total. The van der Waals surface area contributed by atoms with Gasteiger partial charge in [0.1, 0.15) is 12.3 Å². The molecule has 0 unspecified atom stereocenters. The number of esters is 1. The predicted molar refractivity (Wildman–Crippen MR) is 96.6 cm³/mol. The smallest absolute Gasteiger partial charge is 0.340 e. The molecule has 4 rings (SSSR count). The summed E-state index contributed by atoms with van der Waals surface area (Å²) in [5.41, 5.74) is 1.99. The third-order valence-corrected chi connectivity index (χ3v) is 4.33. The lowest BCUT2D eigenvalue weighted by Gasteiger charge is -2.05. The number of ether oxygens (including phenoxy) is 1. The zero-order valence-electron chi connectivity index (χ0n) is 12.9. The Morgan fingerprint density at radius 2 is 2.12 bits per heavy atom. The topological polar surface area (TPSA) is 76.5 Å². The summed E-state index contributed by atoms with van der Waals surface area (Å²) in [6.45, 7) is -0.0693. The number of H-pyrrole nitrogens is 1. The number of carbonyl (C=O) groups excluding carboxylic acids is 1. The number of nitrogens with one attached hydrogen (secondary N) is 1. The Morgan fingerprint density at radius 3 is 3.00 bits per heavy atom. The Morgan fingerprint density at radius 1 is 1.24 bits per heavy atom. The number of nitrogens with zero attached hydrogens (tertiary/aromatic N) is 2. The molecule has 3 aromatic heterocycles. The van der Waals surface area contributed by atoms with Crippen LogP contribution < -0.4 is 5.56 Å². The number of hydrogen-bond donors (Lipinski definition) is 1. The van der Waals surface area contributed by atoms with Crippen molar-refractivity contribution in [2.45, 2.75) is 6.61 Å². The quantitative estimate of drug-likeness (QED) is 0.538. The van der Waals surface area contributed by atoms with Crippen LogP contribution in [0, 0.1) is 0 Å². The van der Waals surface area contributed by atoms with Crippen molar-refractivity contribution in [3.63, 3.8) is 0 Å². The van der Waals surface area contributed by atoms with Crippen LogP contribution in [0.15, 0.2) is 64.1 Å². The highest BCUT2D eigenvalue weighted by Gasteiger charge is 2.14. The minimum Gasteiger partial charge on any atom is -0.456 e. The molecule has 25 heavy (non-hydrogen) atoms. The van der Waals surface area contributed by atoms with Crippen molar-refractivity contribution in [1.82, 2.24) is 14.4 Å². The highest BCUT2D eigenvalue weighted by atomic mass is 79.9. The summed E-state index contributed by atoms with van der Waals surface area (Å²) >= 11 is 3.39. The average Bonchev–Trinajstić information content (AvgIpc) is 3.03. The molecule has 0 aliphatic carbocycles. The van der Waals surface area contributed by atoms with Crippen LogP contribution in [0.4, 0.5) is 0 Å². The van der Waals surface area contributed by atoms with Crippen LogP contribution in [0.5, 0.6) is 0 Å². The summed E-state index contributed by atoms with van der Waals surface area (Å²) < 4.78 is 7.65. The van der Waals surface area contributed by atoms with Gasteiger partial charge in [-0.05, 0) is 30.3 Å². The zero-order valence-corrected chi connectivity index (χ0v) is 14.5. The second kappa shape index (κ2) is 6.18. The molecular formula is C18H12BrN3O3. The van der Waals surface area contributed by atoms with Gasteiger partial charge in [0.25, 0.3) is 5.56 Å². The molecule has 0 saturated heterocycles. The maximum Gasteiger partial charge on any atom is 0.340 e. The van der Waals surface area contributed by atoms with Crippen molar-refractivity contribution < 1.29 is 9.53 Å². The maximum atomic E-state index is 12.4. The van der Waals surface area contributed by atoms with Gasteiger partial charge in [0.2, 0.25) is 0 Å². The third-order valence-electron chi connectivity index (χ3n) is 3.84. The standard InChI is InChI=1S/C18H12BrN3O3/c19-11-4-5-15-13(7-11)14(9-20-15)18(24)25-10-12-8-17(23)22-6-2-1-3-16(22)21-12/h1-9,20H,10H2. The Balaban J connectivity index is 1.59. The van der Waals surface area contributed by atoms with Crippen molar-refractivity contribution in [3.8, 4) is 0 Å². The van der Waals surface area contributed by atoms with E-state index in [9.17, 15) is 9.59 Å². The van der Waals surface area contributed by atoms with Gasteiger partial charge < -0.3 is 9.72 Å². The van der Waals surface area contributed by atoms with Crippen LogP contribution in [0.25, 0.3) is 16.6 Å². The van der Waals surface area contributed by atoms with Crippen LogP contribution in [0.3, 0.4) is 0 Å². The molecule has 0 saturated carbocycles. The van der Waals surface area contributed by atoms with Gasteiger partial charge in [0.05, 0.1) is 11.3 Å². The molecule has 0 bridgehead atoms. The first kappa shape index (κ1) is 15.6. The van der Waals surface area contributed by atoms with Gasteiger partial charge in [-0.3, -0.25) is 9.20 Å². The maximum absolute atomic E-state index is 12.4. The van der Waals surface area contributed by atoms with E-state index >= 15 is 0 Å². The molecule has 0 aliphatic rings. The molecule has 124 valence electrons. The van der Waals surface area contributed by atoms with E-state index in [2.05, 4.69) is 25.9 Å². The Bertz CT molecular complexity index is 1160. The van der Waals surface area contributed by atoms with E-state index in [-0.39, 0.29) is 12.2 Å². The largest absolute Gasteiger partial charge is 0.456 e. The van der Waals surface area contributed by atoms with Crippen LogP contribution >= 0.6 is 15.9 Å². The van der Waals surface area contributed by atoms with E-state index in [1.807, 2.05) is 18.2 Å². The van der Waals surface area contributed by atoms with Crippen LogP contribution in [-0.2, 0) is 11.3 Å².